The molecule has 1 aromatic rings. The average Bonchev–Trinajstić information content (AvgIpc) is 2.40. The summed E-state index contributed by atoms with van der Waals surface area (Å²) in [4.78, 5) is 14.7. The Morgan fingerprint density at radius 3 is 2.42 bits per heavy atom. The molecule has 0 aliphatic heterocycles. The number of aliphatic imine (C=N–C) groups is 1. The number of nitriles is 2. The van der Waals surface area contributed by atoms with Crippen LogP contribution in [0.5, 0.6) is 0 Å². The van der Waals surface area contributed by atoms with Gasteiger partial charge in [0.2, 0.25) is 5.91 Å². The third-order valence-electron chi connectivity index (χ3n) is 2.06. The molecule has 1 rings (SSSR count). The quantitative estimate of drug-likeness (QED) is 0.623. The number of nitrogens with zero attached hydrogens (tertiary/aromatic N) is 3. The van der Waals surface area contributed by atoms with Gasteiger partial charge in [0.05, 0.1) is 0 Å². The maximum absolute atomic E-state index is 10.8. The zero-order valence-electron chi connectivity index (χ0n) is 10.2. The van der Waals surface area contributed by atoms with Crippen molar-refractivity contribution in [2.24, 2.45) is 10.7 Å². The molecule has 6 heteroatoms. The van der Waals surface area contributed by atoms with Gasteiger partial charge in [0, 0.05) is 18.8 Å². The zero-order valence-corrected chi connectivity index (χ0v) is 10.2. The molecular formula is C13H11N5O. The van der Waals surface area contributed by atoms with E-state index in [9.17, 15) is 4.79 Å². The number of rotatable bonds is 3. The van der Waals surface area contributed by atoms with Crippen molar-refractivity contribution in [3.05, 3.63) is 41.2 Å². The first-order valence-corrected chi connectivity index (χ1v) is 5.28. The van der Waals surface area contributed by atoms with Gasteiger partial charge in [-0.2, -0.15) is 10.5 Å². The van der Waals surface area contributed by atoms with E-state index in [1.54, 1.807) is 36.4 Å². The van der Waals surface area contributed by atoms with Crippen molar-refractivity contribution in [3.63, 3.8) is 0 Å². The molecule has 0 unspecified atom stereocenters. The number of allylic oxidation sites excluding steroid dienone is 2. The number of carbonyl (C=O) groups is 1. The lowest BCUT2D eigenvalue weighted by Crippen LogP contribution is -2.05. The number of nitrogens with one attached hydrogen (secondary N) is 1. The number of carbonyl (C=O) groups excluding carboxylic acids is 1. The Labute approximate surface area is 110 Å². The third-order valence-corrected chi connectivity index (χ3v) is 2.06. The smallest absolute Gasteiger partial charge is 0.221 e. The van der Waals surface area contributed by atoms with Crippen LogP contribution in [-0.4, -0.2) is 12.1 Å². The summed E-state index contributed by atoms with van der Waals surface area (Å²) in [6.07, 6.45) is 1.42. The molecule has 1 amide bonds. The fraction of sp³-hybridized carbons (Fsp3) is 0.0769. The van der Waals surface area contributed by atoms with Gasteiger partial charge in [0.1, 0.15) is 17.8 Å². The van der Waals surface area contributed by atoms with Gasteiger partial charge in [0.15, 0.2) is 5.70 Å². The van der Waals surface area contributed by atoms with Crippen LogP contribution in [0.2, 0.25) is 0 Å². The Morgan fingerprint density at radius 1 is 1.32 bits per heavy atom. The van der Waals surface area contributed by atoms with E-state index in [0.717, 1.165) is 0 Å². The van der Waals surface area contributed by atoms with Crippen LogP contribution in [-0.2, 0) is 4.79 Å². The van der Waals surface area contributed by atoms with E-state index < -0.39 is 0 Å². The Hall–Kier alpha value is -3.12. The maximum atomic E-state index is 10.8. The highest BCUT2D eigenvalue weighted by Gasteiger charge is 1.99. The summed E-state index contributed by atoms with van der Waals surface area (Å²) in [5.41, 5.74) is 6.33. The summed E-state index contributed by atoms with van der Waals surface area (Å²) in [6, 6.07) is 10.2. The summed E-state index contributed by atoms with van der Waals surface area (Å²) >= 11 is 0. The number of amides is 1. The van der Waals surface area contributed by atoms with Crippen molar-refractivity contribution in [1.82, 2.24) is 0 Å². The minimum Gasteiger partial charge on any atom is -0.388 e. The molecular weight excluding hydrogens is 242 g/mol. The summed E-state index contributed by atoms with van der Waals surface area (Å²) in [6.45, 7) is 1.42. The molecule has 0 fully saturated rings. The van der Waals surface area contributed by atoms with Crippen molar-refractivity contribution >= 4 is 17.8 Å². The standard InChI is InChI=1S/C13H11N5O/c1-9(19)18-11-4-2-10(3-5-11)8-17-13(7-15)12(16)6-14/h2-5,8H,16H2,1H3,(H,18,19)/b13-12+,17-8?. The van der Waals surface area contributed by atoms with Gasteiger partial charge >= 0.3 is 0 Å². The van der Waals surface area contributed by atoms with E-state index in [1.165, 1.54) is 13.1 Å². The largest absolute Gasteiger partial charge is 0.388 e. The van der Waals surface area contributed by atoms with E-state index in [1.807, 2.05) is 0 Å². The van der Waals surface area contributed by atoms with Crippen LogP contribution >= 0.6 is 0 Å². The lowest BCUT2D eigenvalue weighted by atomic mass is 10.2. The lowest BCUT2D eigenvalue weighted by molar-refractivity contribution is -0.114. The van der Waals surface area contributed by atoms with Crippen molar-refractivity contribution in [3.8, 4) is 12.1 Å². The highest BCUT2D eigenvalue weighted by molar-refractivity contribution is 5.89. The van der Waals surface area contributed by atoms with Crippen molar-refractivity contribution in [2.45, 2.75) is 6.92 Å². The fourth-order valence-corrected chi connectivity index (χ4v) is 1.21. The fourth-order valence-electron chi connectivity index (χ4n) is 1.21. The molecule has 0 radical (unpaired) electrons. The van der Waals surface area contributed by atoms with E-state index in [0.29, 0.717) is 11.3 Å². The van der Waals surface area contributed by atoms with E-state index in [4.69, 9.17) is 16.3 Å². The van der Waals surface area contributed by atoms with Crippen LogP contribution < -0.4 is 11.1 Å². The summed E-state index contributed by atoms with van der Waals surface area (Å²) in [5, 5.41) is 19.9. The predicted molar refractivity (Wildman–Crippen MR) is 70.8 cm³/mol. The molecule has 0 aromatic heterocycles. The maximum Gasteiger partial charge on any atom is 0.221 e. The topological polar surface area (TPSA) is 115 Å². The van der Waals surface area contributed by atoms with Gasteiger partial charge in [-0.3, -0.25) is 4.79 Å². The second-order valence-corrected chi connectivity index (χ2v) is 3.55. The van der Waals surface area contributed by atoms with Crippen LogP contribution in [0.4, 0.5) is 5.69 Å². The lowest BCUT2D eigenvalue weighted by Gasteiger charge is -2.01. The summed E-state index contributed by atoms with van der Waals surface area (Å²) in [7, 11) is 0. The molecule has 0 heterocycles. The van der Waals surface area contributed by atoms with Crippen molar-refractivity contribution < 1.29 is 4.79 Å². The van der Waals surface area contributed by atoms with Crippen LogP contribution in [0.3, 0.4) is 0 Å². The molecule has 19 heavy (non-hydrogen) atoms. The first-order valence-electron chi connectivity index (χ1n) is 5.28. The number of hydrogen-bond acceptors (Lipinski definition) is 5. The highest BCUT2D eigenvalue weighted by Crippen LogP contribution is 2.08. The monoisotopic (exact) mass is 253 g/mol. The highest BCUT2D eigenvalue weighted by atomic mass is 16.1. The average molecular weight is 253 g/mol. The van der Waals surface area contributed by atoms with Gasteiger partial charge in [-0.05, 0) is 17.7 Å². The van der Waals surface area contributed by atoms with Gasteiger partial charge in [-0.25, -0.2) is 4.99 Å². The molecule has 0 saturated heterocycles. The number of benzene rings is 1. The summed E-state index contributed by atoms with van der Waals surface area (Å²) in [5.74, 6) is -0.155. The van der Waals surface area contributed by atoms with E-state index >= 15 is 0 Å². The first kappa shape index (κ1) is 13.9. The Morgan fingerprint density at radius 2 is 1.95 bits per heavy atom. The number of hydrogen-bond donors (Lipinski definition) is 2. The number of anilines is 1. The van der Waals surface area contributed by atoms with Gasteiger partial charge < -0.3 is 11.1 Å². The number of nitrogens with two attached hydrogens (primary N) is 1. The first-order chi connectivity index (χ1) is 9.06. The van der Waals surface area contributed by atoms with Crippen LogP contribution in [0.15, 0.2) is 40.7 Å². The van der Waals surface area contributed by atoms with Crippen LogP contribution in [0, 0.1) is 22.7 Å². The van der Waals surface area contributed by atoms with E-state index in [-0.39, 0.29) is 17.3 Å². The van der Waals surface area contributed by atoms with E-state index in [2.05, 4.69) is 10.3 Å². The van der Waals surface area contributed by atoms with Crippen LogP contribution in [0.1, 0.15) is 12.5 Å². The molecule has 0 saturated carbocycles. The van der Waals surface area contributed by atoms with Gasteiger partial charge in [0.25, 0.3) is 0 Å². The molecule has 0 aliphatic carbocycles. The minimum atomic E-state index is -0.228. The Balaban J connectivity index is 2.87. The predicted octanol–water partition coefficient (Wildman–Crippen LogP) is 1.28. The minimum absolute atomic E-state index is 0.131. The van der Waals surface area contributed by atoms with Crippen molar-refractivity contribution in [2.75, 3.05) is 5.32 Å². The Bertz CT molecular complexity index is 614. The second kappa shape index (κ2) is 6.58. The molecule has 0 aliphatic rings. The van der Waals surface area contributed by atoms with Gasteiger partial charge in [-0.15, -0.1) is 0 Å². The third kappa shape index (κ3) is 4.33. The SMILES string of the molecule is CC(=O)Nc1ccc(C=N/C(C#N)=C(/N)C#N)cc1. The Kier molecular flexibility index (Phi) is 4.83. The normalized spacial score (nSPS) is 11.3. The second-order valence-electron chi connectivity index (χ2n) is 3.55. The van der Waals surface area contributed by atoms with Gasteiger partial charge in [-0.1, -0.05) is 12.1 Å². The molecule has 0 bridgehead atoms. The molecule has 6 nitrogen and oxygen atoms in total. The molecule has 1 aromatic carbocycles. The molecule has 0 atom stereocenters. The molecule has 94 valence electrons. The summed E-state index contributed by atoms with van der Waals surface area (Å²) < 4.78 is 0. The molecule has 3 N–H and O–H groups in total. The zero-order chi connectivity index (χ0) is 14.3. The van der Waals surface area contributed by atoms with Crippen molar-refractivity contribution in [1.29, 1.82) is 10.5 Å². The molecule has 0 spiro atoms. The van der Waals surface area contributed by atoms with Crippen LogP contribution in [0.25, 0.3) is 0 Å².